The molecule has 1 aromatic rings. The van der Waals surface area contributed by atoms with Gasteiger partial charge in [0.15, 0.2) is 0 Å². The van der Waals surface area contributed by atoms with E-state index in [2.05, 4.69) is 0 Å². The van der Waals surface area contributed by atoms with E-state index in [-0.39, 0.29) is 18.7 Å². The predicted octanol–water partition coefficient (Wildman–Crippen LogP) is 1.03. The first-order valence-electron chi connectivity index (χ1n) is 6.12. The lowest BCUT2D eigenvalue weighted by Crippen LogP contribution is -2.38. The van der Waals surface area contributed by atoms with Crippen LogP contribution in [-0.4, -0.2) is 56.1 Å². The van der Waals surface area contributed by atoms with Gasteiger partial charge in [0.05, 0.1) is 18.7 Å². The Bertz CT molecular complexity index is 467. The van der Waals surface area contributed by atoms with Gasteiger partial charge in [-0.25, -0.2) is 8.78 Å². The van der Waals surface area contributed by atoms with E-state index < -0.39 is 18.9 Å². The van der Waals surface area contributed by atoms with Crippen LogP contribution < -0.4 is 10.6 Å². The highest BCUT2D eigenvalue weighted by molar-refractivity contribution is 6.00. The number of carbonyl (C=O) groups excluding carboxylic acids is 1. The number of hydrogen-bond donors (Lipinski definition) is 2. The maximum absolute atomic E-state index is 12.5. The summed E-state index contributed by atoms with van der Waals surface area (Å²) in [4.78, 5) is 15.0. The van der Waals surface area contributed by atoms with Gasteiger partial charge in [0.2, 0.25) is 0 Å². The molecular formula is C13H19F2N3O2. The summed E-state index contributed by atoms with van der Waals surface area (Å²) in [6, 6.07) is 4.74. The summed E-state index contributed by atoms with van der Waals surface area (Å²) in [7, 11) is 3.48. The minimum absolute atomic E-state index is 0.148. The van der Waals surface area contributed by atoms with Crippen molar-refractivity contribution in [3.8, 4) is 0 Å². The Labute approximate surface area is 116 Å². The van der Waals surface area contributed by atoms with Crippen LogP contribution in [0.5, 0.6) is 0 Å². The van der Waals surface area contributed by atoms with Crippen molar-refractivity contribution < 1.29 is 18.7 Å². The number of nitrogen functional groups attached to an aromatic ring is 1. The molecule has 0 saturated heterocycles. The van der Waals surface area contributed by atoms with Gasteiger partial charge in [-0.2, -0.15) is 0 Å². The molecule has 0 atom stereocenters. The number of nitrogens with zero attached hydrogens (tertiary/aromatic N) is 2. The van der Waals surface area contributed by atoms with Crippen molar-refractivity contribution in [3.63, 3.8) is 0 Å². The van der Waals surface area contributed by atoms with Gasteiger partial charge in [-0.3, -0.25) is 4.79 Å². The summed E-state index contributed by atoms with van der Waals surface area (Å²) in [6.45, 7) is -1.25. The molecule has 0 saturated carbocycles. The van der Waals surface area contributed by atoms with Crippen LogP contribution in [-0.2, 0) is 0 Å². The van der Waals surface area contributed by atoms with E-state index in [1.165, 1.54) is 6.07 Å². The molecule has 0 bridgehead atoms. The number of benzene rings is 1. The molecule has 0 aliphatic heterocycles. The highest BCUT2D eigenvalue weighted by Crippen LogP contribution is 2.23. The Kier molecular flexibility index (Phi) is 5.69. The Morgan fingerprint density at radius 2 is 2.05 bits per heavy atom. The fraction of sp³-hybridized carbons (Fsp3) is 0.462. The zero-order chi connectivity index (χ0) is 15.3. The number of alkyl halides is 2. The molecule has 1 aromatic carbocycles. The molecule has 0 aliphatic rings. The van der Waals surface area contributed by atoms with Crippen LogP contribution in [0.2, 0.25) is 0 Å². The van der Waals surface area contributed by atoms with Crippen molar-refractivity contribution in [2.45, 2.75) is 6.43 Å². The SMILES string of the molecule is CN(C)c1ccc(N)cc1C(=O)N(CCO)CC(F)F. The topological polar surface area (TPSA) is 69.8 Å². The van der Waals surface area contributed by atoms with E-state index in [4.69, 9.17) is 10.8 Å². The van der Waals surface area contributed by atoms with Gasteiger partial charge in [0.25, 0.3) is 12.3 Å². The lowest BCUT2D eigenvalue weighted by Gasteiger charge is -2.24. The molecule has 0 unspecified atom stereocenters. The summed E-state index contributed by atoms with van der Waals surface area (Å²) >= 11 is 0. The second-order valence-electron chi connectivity index (χ2n) is 4.54. The van der Waals surface area contributed by atoms with Crippen LogP contribution in [0.1, 0.15) is 10.4 Å². The lowest BCUT2D eigenvalue weighted by atomic mass is 10.1. The maximum Gasteiger partial charge on any atom is 0.256 e. The summed E-state index contributed by atoms with van der Waals surface area (Å²) < 4.78 is 25.0. The Morgan fingerprint density at radius 1 is 1.40 bits per heavy atom. The molecule has 7 heteroatoms. The number of nitrogens with two attached hydrogens (primary N) is 1. The highest BCUT2D eigenvalue weighted by atomic mass is 19.3. The molecule has 1 amide bonds. The summed E-state index contributed by atoms with van der Waals surface area (Å²) in [5.41, 5.74) is 6.85. The lowest BCUT2D eigenvalue weighted by molar-refractivity contribution is 0.0510. The number of anilines is 2. The molecule has 0 radical (unpaired) electrons. The van der Waals surface area contributed by atoms with E-state index in [9.17, 15) is 13.6 Å². The second kappa shape index (κ2) is 7.04. The monoisotopic (exact) mass is 287 g/mol. The van der Waals surface area contributed by atoms with Gasteiger partial charge in [-0.05, 0) is 18.2 Å². The zero-order valence-corrected chi connectivity index (χ0v) is 11.5. The molecular weight excluding hydrogens is 268 g/mol. The van der Waals surface area contributed by atoms with Crippen molar-refractivity contribution in [2.75, 3.05) is 44.4 Å². The Balaban J connectivity index is 3.12. The first kappa shape index (κ1) is 16.2. The fourth-order valence-electron chi connectivity index (χ4n) is 1.85. The number of halogens is 2. The van der Waals surface area contributed by atoms with E-state index in [0.29, 0.717) is 11.4 Å². The molecule has 0 aliphatic carbocycles. The average Bonchev–Trinajstić information content (AvgIpc) is 2.36. The number of aliphatic hydroxyl groups is 1. The molecule has 0 heterocycles. The van der Waals surface area contributed by atoms with Gasteiger partial charge in [-0.1, -0.05) is 0 Å². The van der Waals surface area contributed by atoms with Crippen molar-refractivity contribution in [3.05, 3.63) is 23.8 Å². The van der Waals surface area contributed by atoms with Gasteiger partial charge in [0, 0.05) is 32.0 Å². The quantitative estimate of drug-likeness (QED) is 0.767. The standard InChI is InChI=1S/C13H19F2N3O2/c1-17(2)11-4-3-9(16)7-10(11)13(20)18(5-6-19)8-12(14)15/h3-4,7,12,19H,5-6,8,16H2,1-2H3. The average molecular weight is 287 g/mol. The number of carbonyl (C=O) groups is 1. The first-order valence-corrected chi connectivity index (χ1v) is 6.12. The number of hydrogen-bond acceptors (Lipinski definition) is 4. The highest BCUT2D eigenvalue weighted by Gasteiger charge is 2.22. The minimum atomic E-state index is -2.66. The number of rotatable bonds is 6. The molecule has 0 fully saturated rings. The number of aliphatic hydroxyl groups excluding tert-OH is 1. The van der Waals surface area contributed by atoms with Crippen molar-refractivity contribution in [2.24, 2.45) is 0 Å². The maximum atomic E-state index is 12.5. The van der Waals surface area contributed by atoms with Crippen molar-refractivity contribution in [1.29, 1.82) is 0 Å². The van der Waals surface area contributed by atoms with Crippen molar-refractivity contribution >= 4 is 17.3 Å². The van der Waals surface area contributed by atoms with Crippen LogP contribution in [0.4, 0.5) is 20.2 Å². The van der Waals surface area contributed by atoms with Gasteiger partial charge in [-0.15, -0.1) is 0 Å². The molecule has 1 rings (SSSR count). The number of amides is 1. The van der Waals surface area contributed by atoms with Gasteiger partial charge in [0.1, 0.15) is 0 Å². The van der Waals surface area contributed by atoms with Crippen LogP contribution in [0, 0.1) is 0 Å². The predicted molar refractivity (Wildman–Crippen MR) is 74.2 cm³/mol. The minimum Gasteiger partial charge on any atom is -0.399 e. The normalized spacial score (nSPS) is 10.7. The largest absolute Gasteiger partial charge is 0.399 e. The van der Waals surface area contributed by atoms with Crippen LogP contribution in [0.25, 0.3) is 0 Å². The summed E-state index contributed by atoms with van der Waals surface area (Å²) in [5.74, 6) is -0.574. The van der Waals surface area contributed by atoms with E-state index >= 15 is 0 Å². The van der Waals surface area contributed by atoms with Gasteiger partial charge >= 0.3 is 0 Å². The molecule has 20 heavy (non-hydrogen) atoms. The smallest absolute Gasteiger partial charge is 0.256 e. The third kappa shape index (κ3) is 4.06. The van der Waals surface area contributed by atoms with E-state index in [0.717, 1.165) is 4.90 Å². The third-order valence-corrected chi connectivity index (χ3v) is 2.75. The zero-order valence-electron chi connectivity index (χ0n) is 11.5. The molecule has 5 nitrogen and oxygen atoms in total. The van der Waals surface area contributed by atoms with Crippen molar-refractivity contribution in [1.82, 2.24) is 4.90 Å². The third-order valence-electron chi connectivity index (χ3n) is 2.75. The molecule has 112 valence electrons. The summed E-state index contributed by atoms with van der Waals surface area (Å²) in [6.07, 6.45) is -2.66. The molecule has 0 spiro atoms. The second-order valence-corrected chi connectivity index (χ2v) is 4.54. The fourth-order valence-corrected chi connectivity index (χ4v) is 1.85. The Hall–Kier alpha value is -1.89. The van der Waals surface area contributed by atoms with Crippen LogP contribution >= 0.6 is 0 Å². The first-order chi connectivity index (χ1) is 9.36. The molecule has 3 N–H and O–H groups in total. The van der Waals surface area contributed by atoms with Gasteiger partial charge < -0.3 is 20.6 Å². The summed E-state index contributed by atoms with van der Waals surface area (Å²) in [5, 5.41) is 8.90. The van der Waals surface area contributed by atoms with Crippen LogP contribution in [0.3, 0.4) is 0 Å². The van der Waals surface area contributed by atoms with E-state index in [1.807, 2.05) is 0 Å². The van der Waals surface area contributed by atoms with E-state index in [1.54, 1.807) is 31.1 Å². The molecule has 0 aromatic heterocycles. The Morgan fingerprint density at radius 3 is 2.55 bits per heavy atom. The van der Waals surface area contributed by atoms with Crippen LogP contribution in [0.15, 0.2) is 18.2 Å².